The number of nitrogens with one attached hydrogen (secondary N) is 1. The predicted molar refractivity (Wildman–Crippen MR) is 81.3 cm³/mol. The van der Waals surface area contributed by atoms with E-state index < -0.39 is 25.1 Å². The van der Waals surface area contributed by atoms with Crippen molar-refractivity contribution in [3.8, 4) is 0 Å². The fourth-order valence-electron chi connectivity index (χ4n) is 1.77. The lowest BCUT2D eigenvalue weighted by Crippen LogP contribution is -2.31. The highest BCUT2D eigenvalue weighted by Gasteiger charge is 2.30. The summed E-state index contributed by atoms with van der Waals surface area (Å²) < 4.78 is 50.3. The van der Waals surface area contributed by atoms with Gasteiger partial charge in [0.2, 0.25) is 10.0 Å². The molecule has 1 atom stereocenters. The summed E-state index contributed by atoms with van der Waals surface area (Å²) in [7, 11) is -7.17. The van der Waals surface area contributed by atoms with Gasteiger partial charge in [0.25, 0.3) is 0 Å². The smallest absolute Gasteiger partial charge is 0.208 e. The molecular formula is C12H14N2O4S3. The third kappa shape index (κ3) is 4.10. The highest BCUT2D eigenvalue weighted by Crippen LogP contribution is 2.30. The van der Waals surface area contributed by atoms with Gasteiger partial charge in [-0.25, -0.2) is 21.6 Å². The van der Waals surface area contributed by atoms with Gasteiger partial charge in [0, 0.05) is 18.9 Å². The van der Waals surface area contributed by atoms with E-state index in [1.54, 1.807) is 23.6 Å². The SMILES string of the molecule is CS(=O)(=O)NC[C@H](c1cccnc1)S(=O)(=O)c1cccs1. The molecular weight excluding hydrogens is 332 g/mol. The number of aromatic nitrogens is 1. The molecule has 0 unspecified atom stereocenters. The first-order chi connectivity index (χ1) is 9.81. The Balaban J connectivity index is 2.42. The van der Waals surface area contributed by atoms with Crippen LogP contribution >= 0.6 is 11.3 Å². The molecule has 2 heterocycles. The molecule has 0 saturated carbocycles. The summed E-state index contributed by atoms with van der Waals surface area (Å²) in [6, 6.07) is 6.38. The zero-order valence-electron chi connectivity index (χ0n) is 11.1. The van der Waals surface area contributed by atoms with Crippen LogP contribution in [0.3, 0.4) is 0 Å². The Morgan fingerprint density at radius 1 is 1.24 bits per heavy atom. The topological polar surface area (TPSA) is 93.2 Å². The summed E-state index contributed by atoms with van der Waals surface area (Å²) >= 11 is 1.10. The summed E-state index contributed by atoms with van der Waals surface area (Å²) in [5.74, 6) is 0. The van der Waals surface area contributed by atoms with E-state index in [1.807, 2.05) is 0 Å². The highest BCUT2D eigenvalue weighted by molar-refractivity contribution is 7.93. The van der Waals surface area contributed by atoms with Crippen molar-refractivity contribution in [2.75, 3.05) is 12.8 Å². The number of hydrogen-bond donors (Lipinski definition) is 1. The number of sulfone groups is 1. The zero-order chi connectivity index (χ0) is 15.5. The number of thiophene rings is 1. The monoisotopic (exact) mass is 346 g/mol. The Labute approximate surface area is 127 Å². The summed E-state index contributed by atoms with van der Waals surface area (Å²) in [6.07, 6.45) is 3.95. The predicted octanol–water partition coefficient (Wildman–Crippen LogP) is 1.21. The average Bonchev–Trinajstić information content (AvgIpc) is 2.93. The molecule has 0 saturated heterocycles. The molecule has 0 fully saturated rings. The third-order valence-corrected chi connectivity index (χ3v) is 6.96. The minimum absolute atomic E-state index is 0.201. The lowest BCUT2D eigenvalue weighted by molar-refractivity contribution is 0.572. The molecule has 0 radical (unpaired) electrons. The van der Waals surface area contributed by atoms with E-state index in [0.29, 0.717) is 5.56 Å². The van der Waals surface area contributed by atoms with Crippen molar-refractivity contribution < 1.29 is 16.8 Å². The fraction of sp³-hybridized carbons (Fsp3) is 0.250. The first-order valence-electron chi connectivity index (χ1n) is 5.92. The van der Waals surface area contributed by atoms with Gasteiger partial charge in [0.15, 0.2) is 9.84 Å². The van der Waals surface area contributed by atoms with Gasteiger partial charge >= 0.3 is 0 Å². The summed E-state index contributed by atoms with van der Waals surface area (Å²) in [5, 5.41) is 0.650. The molecule has 0 aliphatic rings. The minimum atomic E-state index is -3.68. The van der Waals surface area contributed by atoms with Gasteiger partial charge in [-0.15, -0.1) is 11.3 Å². The maximum atomic E-state index is 12.7. The van der Waals surface area contributed by atoms with E-state index in [1.165, 1.54) is 18.5 Å². The summed E-state index contributed by atoms with van der Waals surface area (Å²) in [5.41, 5.74) is 0.446. The lowest BCUT2D eigenvalue weighted by Gasteiger charge is -2.17. The van der Waals surface area contributed by atoms with Crippen molar-refractivity contribution >= 4 is 31.2 Å². The van der Waals surface area contributed by atoms with Crippen LogP contribution in [0.25, 0.3) is 0 Å². The van der Waals surface area contributed by atoms with Crippen LogP contribution in [0.4, 0.5) is 0 Å². The quantitative estimate of drug-likeness (QED) is 0.848. The largest absolute Gasteiger partial charge is 0.264 e. The molecule has 114 valence electrons. The number of pyridine rings is 1. The fourth-order valence-corrected chi connectivity index (χ4v) is 5.19. The number of nitrogens with zero attached hydrogens (tertiary/aromatic N) is 1. The maximum absolute atomic E-state index is 12.7. The lowest BCUT2D eigenvalue weighted by atomic mass is 10.2. The Morgan fingerprint density at radius 2 is 2.00 bits per heavy atom. The van der Waals surface area contributed by atoms with Gasteiger partial charge in [-0.1, -0.05) is 12.1 Å². The number of rotatable bonds is 6. The molecule has 0 aromatic carbocycles. The van der Waals surface area contributed by atoms with Gasteiger partial charge in [-0.05, 0) is 23.1 Å². The molecule has 2 aromatic heterocycles. The van der Waals surface area contributed by atoms with Crippen molar-refractivity contribution in [2.45, 2.75) is 9.46 Å². The van der Waals surface area contributed by atoms with Gasteiger partial charge in [0.05, 0.1) is 6.26 Å². The van der Waals surface area contributed by atoms with E-state index in [4.69, 9.17) is 0 Å². The van der Waals surface area contributed by atoms with Crippen molar-refractivity contribution in [3.63, 3.8) is 0 Å². The summed E-state index contributed by atoms with van der Waals surface area (Å²) in [6.45, 7) is -0.231. The van der Waals surface area contributed by atoms with Gasteiger partial charge in [0.1, 0.15) is 9.46 Å². The number of hydrogen-bond acceptors (Lipinski definition) is 6. The molecule has 21 heavy (non-hydrogen) atoms. The first kappa shape index (κ1) is 16.1. The molecule has 0 bridgehead atoms. The molecule has 6 nitrogen and oxygen atoms in total. The normalized spacial score (nSPS) is 14.0. The minimum Gasteiger partial charge on any atom is -0.264 e. The van der Waals surface area contributed by atoms with E-state index in [-0.39, 0.29) is 10.8 Å². The molecule has 9 heteroatoms. The van der Waals surface area contributed by atoms with Crippen molar-refractivity contribution in [1.29, 1.82) is 0 Å². The molecule has 2 rings (SSSR count). The second-order valence-corrected chi connectivity index (χ2v) is 9.51. The molecule has 0 aliphatic heterocycles. The Morgan fingerprint density at radius 3 is 2.52 bits per heavy atom. The molecule has 2 aromatic rings. The number of sulfonamides is 1. The van der Waals surface area contributed by atoms with Crippen LogP contribution in [-0.2, 0) is 19.9 Å². The molecule has 0 aliphatic carbocycles. The maximum Gasteiger partial charge on any atom is 0.208 e. The molecule has 0 amide bonds. The summed E-state index contributed by atoms with van der Waals surface area (Å²) in [4.78, 5) is 3.91. The van der Waals surface area contributed by atoms with Gasteiger partial charge in [-0.3, -0.25) is 4.98 Å². The first-order valence-corrected chi connectivity index (χ1v) is 10.2. The third-order valence-electron chi connectivity index (χ3n) is 2.74. The van der Waals surface area contributed by atoms with E-state index in [0.717, 1.165) is 17.6 Å². The Bertz CT molecular complexity index is 784. The van der Waals surface area contributed by atoms with Crippen molar-refractivity contribution in [1.82, 2.24) is 9.71 Å². The average molecular weight is 346 g/mol. The van der Waals surface area contributed by atoms with Crippen LogP contribution in [-0.4, -0.2) is 34.6 Å². The van der Waals surface area contributed by atoms with Crippen LogP contribution in [0.5, 0.6) is 0 Å². The van der Waals surface area contributed by atoms with Crippen molar-refractivity contribution in [3.05, 3.63) is 47.6 Å². The molecule has 1 N–H and O–H groups in total. The van der Waals surface area contributed by atoms with Crippen LogP contribution in [0.1, 0.15) is 10.8 Å². The molecule has 0 spiro atoms. The van der Waals surface area contributed by atoms with E-state index in [9.17, 15) is 16.8 Å². The van der Waals surface area contributed by atoms with Gasteiger partial charge in [-0.2, -0.15) is 0 Å². The standard InChI is InChI=1S/C12H14N2O4S3/c1-20(15,16)14-9-11(10-4-2-6-13-8-10)21(17,18)12-5-3-7-19-12/h2-8,11,14H,9H2,1H3/t11-/m1/s1. The van der Waals surface area contributed by atoms with Crippen molar-refractivity contribution in [2.24, 2.45) is 0 Å². The van der Waals surface area contributed by atoms with Crippen LogP contribution in [0.15, 0.2) is 46.2 Å². The second-order valence-electron chi connectivity index (χ2n) is 4.37. The highest BCUT2D eigenvalue weighted by atomic mass is 32.2. The van der Waals surface area contributed by atoms with Crippen LogP contribution in [0.2, 0.25) is 0 Å². The Kier molecular flexibility index (Phi) is 4.77. The second kappa shape index (κ2) is 6.22. The van der Waals surface area contributed by atoms with Crippen LogP contribution in [0, 0.1) is 0 Å². The van der Waals surface area contributed by atoms with E-state index in [2.05, 4.69) is 9.71 Å². The Hall–Kier alpha value is -1.29. The van der Waals surface area contributed by atoms with Crippen LogP contribution < -0.4 is 4.72 Å². The zero-order valence-corrected chi connectivity index (χ0v) is 13.6. The van der Waals surface area contributed by atoms with Gasteiger partial charge < -0.3 is 0 Å². The van der Waals surface area contributed by atoms with E-state index >= 15 is 0 Å².